The fourth-order valence-corrected chi connectivity index (χ4v) is 3.46. The largest absolute Gasteiger partial charge is 0.387 e. The molecular weight excluding hydrogens is 624 g/mol. The number of aldehydes is 1. The molecule has 3 aromatic heterocycles. The second-order valence-corrected chi connectivity index (χ2v) is 7.78. The van der Waals surface area contributed by atoms with Crippen LogP contribution in [0.4, 0.5) is 10.9 Å². The fraction of sp³-hybridized carbons (Fsp3) is 0.381. The van der Waals surface area contributed by atoms with Crippen molar-refractivity contribution in [1.29, 1.82) is 0 Å². The Kier molecular flexibility index (Phi) is 10.4. The molecule has 0 amide bonds. The Bertz CT molecular complexity index is 989. The number of rotatable bonds is 5. The van der Waals surface area contributed by atoms with Gasteiger partial charge in [-0.2, -0.15) is 0 Å². The molecule has 3 N–H and O–H groups in total. The summed E-state index contributed by atoms with van der Waals surface area (Å²) < 4.78 is 0. The van der Waals surface area contributed by atoms with Crippen LogP contribution in [0.25, 0.3) is 21.5 Å². The number of aliphatic hydroxyl groups excluding tert-OH is 1. The van der Waals surface area contributed by atoms with E-state index in [0.717, 1.165) is 57.1 Å². The number of hydrogen-bond acceptors (Lipinski definition) is 8. The van der Waals surface area contributed by atoms with E-state index in [4.69, 9.17) is 0 Å². The molecule has 0 bridgehead atoms. The summed E-state index contributed by atoms with van der Waals surface area (Å²) in [6, 6.07) is 3.93. The topological polar surface area (TPSA) is 100 Å². The molecule has 30 heavy (non-hydrogen) atoms. The van der Waals surface area contributed by atoms with Gasteiger partial charge in [-0.05, 0) is 44.4 Å². The van der Waals surface area contributed by atoms with Gasteiger partial charge < -0.3 is 28.0 Å². The molecule has 0 spiro atoms. The van der Waals surface area contributed by atoms with Gasteiger partial charge in [0.05, 0.1) is 11.8 Å². The van der Waals surface area contributed by atoms with E-state index in [9.17, 15) is 9.90 Å². The van der Waals surface area contributed by atoms with E-state index in [2.05, 4.69) is 25.6 Å². The molecule has 0 aliphatic heterocycles. The molecule has 0 saturated heterocycles. The third-order valence-corrected chi connectivity index (χ3v) is 5.48. The van der Waals surface area contributed by atoms with Gasteiger partial charge in [0.15, 0.2) is 5.13 Å². The average molecular weight is 653 g/mol. The summed E-state index contributed by atoms with van der Waals surface area (Å²) in [6.45, 7) is 3.72. The number of nitrogens with zero attached hydrogens (tertiary/aromatic N) is 3. The fourth-order valence-electron chi connectivity index (χ4n) is 2.69. The van der Waals surface area contributed by atoms with Crippen LogP contribution < -0.4 is 10.6 Å². The Morgan fingerprint density at radius 3 is 2.37 bits per heavy atom. The number of aryl methyl sites for hydroxylation is 1. The van der Waals surface area contributed by atoms with E-state index in [0.29, 0.717) is 11.6 Å². The molecule has 7 nitrogen and oxygen atoms in total. The number of aromatic nitrogens is 3. The Balaban J connectivity index is 0.000000566. The Morgan fingerprint density at radius 2 is 1.90 bits per heavy atom. The average Bonchev–Trinajstić information content (AvgIpc) is 3.45. The molecule has 160 valence electrons. The molecule has 3 aromatic rings. The maximum Gasteiger partial charge on any atom is 0.185 e. The zero-order valence-corrected chi connectivity index (χ0v) is 23.0. The van der Waals surface area contributed by atoms with Crippen LogP contribution in [0.15, 0.2) is 18.3 Å². The third kappa shape index (κ3) is 6.24. The normalized spacial score (nSPS) is 13.2. The SMILES string of the molecule is CNc1nc2cc(-c3cnc(C(C)O)cc3C)c(NC)nc2s1.O=CC1CC1.[CH3-].[U]. The van der Waals surface area contributed by atoms with Gasteiger partial charge in [-0.15, -0.1) is 0 Å². The predicted molar refractivity (Wildman–Crippen MR) is 120 cm³/mol. The van der Waals surface area contributed by atoms with Crippen molar-refractivity contribution >= 4 is 38.9 Å². The van der Waals surface area contributed by atoms with Crippen LogP contribution in [0, 0.1) is 51.4 Å². The minimum atomic E-state index is -0.580. The molecule has 0 radical (unpaired) electrons. The van der Waals surface area contributed by atoms with Gasteiger partial charge >= 0.3 is 0 Å². The van der Waals surface area contributed by atoms with Crippen molar-refractivity contribution in [2.75, 3.05) is 24.7 Å². The van der Waals surface area contributed by atoms with E-state index in [1.165, 1.54) is 11.3 Å². The van der Waals surface area contributed by atoms with Crippen molar-refractivity contribution in [3.8, 4) is 11.1 Å². The number of thiazole rings is 1. The number of carbonyl (C=O) groups excluding carboxylic acids is 1. The number of aliphatic hydroxyl groups is 1. The second kappa shape index (κ2) is 11.8. The van der Waals surface area contributed by atoms with Crippen molar-refractivity contribution in [2.45, 2.75) is 32.8 Å². The second-order valence-electron chi connectivity index (χ2n) is 6.80. The van der Waals surface area contributed by atoms with E-state index in [1.807, 2.05) is 33.2 Å². The van der Waals surface area contributed by atoms with Crippen LogP contribution in [0.5, 0.6) is 0 Å². The maximum atomic E-state index is 9.68. The molecule has 1 fully saturated rings. The number of carbonyl (C=O) groups is 1. The van der Waals surface area contributed by atoms with Crippen LogP contribution in [0.3, 0.4) is 0 Å². The molecule has 1 saturated carbocycles. The maximum absolute atomic E-state index is 9.68. The van der Waals surface area contributed by atoms with Crippen LogP contribution in [-0.2, 0) is 4.79 Å². The van der Waals surface area contributed by atoms with Crippen molar-refractivity contribution < 1.29 is 41.0 Å². The standard InChI is InChI=1S/C16H19N5OS.C4H6O.CH3.U/c1-8-5-12(9(2)22)19-7-11(8)10-6-13-15(21-14(10)17-3)23-16(18-4)20-13;5-3-4-1-2-4;;/h5-7,9,22H,1-4H3,(H,17,21)(H,18,20);3-4H,1-2H2;1H3;/q;;-1;. The number of hydrogen-bond donors (Lipinski definition) is 3. The molecule has 0 aromatic carbocycles. The number of anilines is 2. The summed E-state index contributed by atoms with van der Waals surface area (Å²) >= 11 is 1.52. The van der Waals surface area contributed by atoms with Crippen molar-refractivity contribution in [1.82, 2.24) is 15.0 Å². The summed E-state index contributed by atoms with van der Waals surface area (Å²) in [5, 5.41) is 16.7. The summed E-state index contributed by atoms with van der Waals surface area (Å²) in [6.07, 6.45) is 4.52. The van der Waals surface area contributed by atoms with E-state index in [-0.39, 0.29) is 38.5 Å². The van der Waals surface area contributed by atoms with Crippen LogP contribution in [0.1, 0.15) is 37.1 Å². The van der Waals surface area contributed by atoms with Gasteiger partial charge in [0.1, 0.15) is 22.5 Å². The van der Waals surface area contributed by atoms with Gasteiger partial charge in [-0.3, -0.25) is 4.98 Å². The third-order valence-electron chi connectivity index (χ3n) is 4.50. The predicted octanol–water partition coefficient (Wildman–Crippen LogP) is 4.24. The first-order valence-electron chi connectivity index (χ1n) is 9.24. The minimum Gasteiger partial charge on any atom is -0.387 e. The van der Waals surface area contributed by atoms with Crippen LogP contribution in [-0.4, -0.2) is 40.4 Å². The monoisotopic (exact) mass is 652 g/mol. The zero-order chi connectivity index (χ0) is 20.3. The Labute approximate surface area is 205 Å². The molecule has 1 aliphatic rings. The molecule has 1 unspecified atom stereocenters. The van der Waals surface area contributed by atoms with Crippen LogP contribution >= 0.6 is 11.3 Å². The Hall–Kier alpha value is -1.53. The van der Waals surface area contributed by atoms with Gasteiger partial charge in [0.2, 0.25) is 0 Å². The van der Waals surface area contributed by atoms with Gasteiger partial charge in [0.25, 0.3) is 0 Å². The van der Waals surface area contributed by atoms with Gasteiger partial charge in [-0.25, -0.2) is 9.97 Å². The first-order valence-corrected chi connectivity index (χ1v) is 10.1. The number of pyridine rings is 2. The Morgan fingerprint density at radius 1 is 1.20 bits per heavy atom. The van der Waals surface area contributed by atoms with Gasteiger partial charge in [-0.1, -0.05) is 11.3 Å². The van der Waals surface area contributed by atoms with Crippen LogP contribution in [0.2, 0.25) is 0 Å². The molecule has 1 aliphatic carbocycles. The molecule has 9 heteroatoms. The van der Waals surface area contributed by atoms with Gasteiger partial charge in [0, 0.05) is 68.5 Å². The minimum absolute atomic E-state index is 0. The first kappa shape index (κ1) is 26.5. The smallest absolute Gasteiger partial charge is 0.185 e. The summed E-state index contributed by atoms with van der Waals surface area (Å²) in [5.41, 5.74) is 4.49. The number of fused-ring (bicyclic) bond motifs is 1. The quantitative estimate of drug-likeness (QED) is 0.280. The number of nitrogens with one attached hydrogen (secondary N) is 2. The first-order chi connectivity index (χ1) is 13.5. The summed E-state index contributed by atoms with van der Waals surface area (Å²) in [4.78, 5) is 24.0. The summed E-state index contributed by atoms with van der Waals surface area (Å²) in [5.74, 6) is 1.24. The van der Waals surface area contributed by atoms with E-state index in [1.54, 1.807) is 13.1 Å². The van der Waals surface area contributed by atoms with Crippen molar-refractivity contribution in [3.05, 3.63) is 37.0 Å². The molecule has 1 atom stereocenters. The molecule has 4 rings (SSSR count). The molecular formula is C21H28N5O2SU-. The zero-order valence-electron chi connectivity index (χ0n) is 18.0. The molecule has 3 heterocycles. The van der Waals surface area contributed by atoms with E-state index >= 15 is 0 Å². The summed E-state index contributed by atoms with van der Waals surface area (Å²) in [7, 11) is 3.70. The van der Waals surface area contributed by atoms with E-state index < -0.39 is 6.10 Å². The van der Waals surface area contributed by atoms with Crippen molar-refractivity contribution in [2.24, 2.45) is 5.92 Å². The van der Waals surface area contributed by atoms with Crippen molar-refractivity contribution in [3.63, 3.8) is 0 Å².